The monoisotopic (exact) mass is 206 g/mol. The fraction of sp³-hybridized carbons (Fsp3) is 0. The predicted octanol–water partition coefficient (Wildman–Crippen LogP) is 2.13. The van der Waals surface area contributed by atoms with Crippen LogP contribution in [0, 0.1) is 6.58 Å². The van der Waals surface area contributed by atoms with Gasteiger partial charge in [0.1, 0.15) is 0 Å². The van der Waals surface area contributed by atoms with Gasteiger partial charge in [0.2, 0.25) is 0 Å². The third kappa shape index (κ3) is 2.57. The number of hydrogen-bond acceptors (Lipinski definition) is 0. The molecule has 49 valence electrons. The molecule has 0 aliphatic carbocycles. The molecule has 0 N–H and O–H groups in total. The van der Waals surface area contributed by atoms with Crippen molar-refractivity contribution in [2.45, 2.75) is 0 Å². The maximum absolute atomic E-state index is 5.22. The van der Waals surface area contributed by atoms with E-state index in [1.165, 1.54) is 0 Å². The average molecular weight is 206 g/mol. The second-order valence-corrected chi connectivity index (χ2v) is 1.58. The van der Waals surface area contributed by atoms with Crippen LogP contribution < -0.4 is 0 Å². The van der Waals surface area contributed by atoms with Gasteiger partial charge in [-0.25, -0.2) is 6.08 Å². The summed E-state index contributed by atoms with van der Waals surface area (Å²) < 4.78 is 0. The average Bonchev–Trinajstić information content (AvgIpc) is 1.90. The van der Waals surface area contributed by atoms with Crippen molar-refractivity contribution in [1.82, 2.24) is 0 Å². The first-order valence-corrected chi connectivity index (χ1v) is 2.53. The second-order valence-electron chi connectivity index (χ2n) is 1.58. The van der Waals surface area contributed by atoms with Gasteiger partial charge in [-0.2, -0.15) is 5.56 Å². The van der Waals surface area contributed by atoms with Gasteiger partial charge < -0.3 is 0 Å². The normalized spacial score (nSPS) is 7.56. The summed E-state index contributed by atoms with van der Waals surface area (Å²) in [6.07, 6.45) is 1.58. The summed E-state index contributed by atoms with van der Waals surface area (Å²) >= 11 is 0. The molecule has 0 saturated heterocycles. The van der Waals surface area contributed by atoms with Crippen molar-refractivity contribution in [2.24, 2.45) is 0 Å². The van der Waals surface area contributed by atoms with Crippen LogP contribution in [0.25, 0.3) is 6.08 Å². The quantitative estimate of drug-likeness (QED) is 0.487. The van der Waals surface area contributed by atoms with Crippen molar-refractivity contribution < 1.29 is 19.5 Å². The Balaban J connectivity index is 0.000000640. The van der Waals surface area contributed by atoms with Crippen molar-refractivity contribution in [3.05, 3.63) is 42.5 Å². The summed E-state index contributed by atoms with van der Waals surface area (Å²) in [5.41, 5.74) is 1.06. The van der Waals surface area contributed by atoms with Gasteiger partial charge in [-0.05, 0) is 0 Å². The summed E-state index contributed by atoms with van der Waals surface area (Å²) in [5.74, 6) is 0. The zero-order chi connectivity index (χ0) is 5.82. The van der Waals surface area contributed by atoms with Gasteiger partial charge in [0.15, 0.2) is 0 Å². The second kappa shape index (κ2) is 4.46. The third-order valence-electron chi connectivity index (χ3n) is 0.992. The topological polar surface area (TPSA) is 0 Å². The minimum absolute atomic E-state index is 0. The van der Waals surface area contributed by atoms with Gasteiger partial charge in [0, 0.05) is 19.5 Å². The van der Waals surface area contributed by atoms with Gasteiger partial charge in [-0.1, -0.05) is 18.2 Å². The zero-order valence-electron chi connectivity index (χ0n) is 4.87. The van der Waals surface area contributed by atoms with E-state index < -0.39 is 0 Å². The molecule has 0 nitrogen and oxygen atoms in total. The Hall–Kier alpha value is -0.417. The van der Waals surface area contributed by atoms with Crippen molar-refractivity contribution in [2.75, 3.05) is 0 Å². The Morgan fingerprint density at radius 1 is 1.11 bits per heavy atom. The van der Waals surface area contributed by atoms with E-state index in [2.05, 4.69) is 0 Å². The standard InChI is InChI=1S/C8H7.Rh/c1-2-8-6-4-3-5-7-8;/h1-7H;/q-1;. The summed E-state index contributed by atoms with van der Waals surface area (Å²) in [7, 11) is 0. The van der Waals surface area contributed by atoms with Crippen molar-refractivity contribution in [3.63, 3.8) is 0 Å². The van der Waals surface area contributed by atoms with Crippen molar-refractivity contribution in [1.29, 1.82) is 0 Å². The molecule has 0 saturated carbocycles. The smallest absolute Gasteiger partial charge is 0 e. The fourth-order valence-electron chi connectivity index (χ4n) is 0.564. The largest absolute Gasteiger partial charge is 0.292 e. The van der Waals surface area contributed by atoms with Crippen LogP contribution in [-0.2, 0) is 19.5 Å². The molecule has 0 bridgehead atoms. The molecule has 0 aromatic heterocycles. The molecule has 9 heavy (non-hydrogen) atoms. The van der Waals surface area contributed by atoms with Gasteiger partial charge in [-0.3, -0.25) is 6.58 Å². The molecule has 0 heterocycles. The minimum atomic E-state index is 0. The van der Waals surface area contributed by atoms with Crippen molar-refractivity contribution in [3.8, 4) is 0 Å². The van der Waals surface area contributed by atoms with E-state index in [0.29, 0.717) is 0 Å². The van der Waals surface area contributed by atoms with Crippen LogP contribution in [0.5, 0.6) is 0 Å². The number of benzene rings is 1. The molecule has 1 aromatic carbocycles. The first kappa shape index (κ1) is 8.58. The van der Waals surface area contributed by atoms with Crippen LogP contribution in [0.15, 0.2) is 30.3 Å². The molecule has 0 fully saturated rings. The van der Waals surface area contributed by atoms with E-state index in [0.717, 1.165) is 5.56 Å². The van der Waals surface area contributed by atoms with Crippen LogP contribution in [0.2, 0.25) is 0 Å². The van der Waals surface area contributed by atoms with E-state index >= 15 is 0 Å². The SMILES string of the molecule is [CH-]=Cc1ccccc1.[Rh]. The molecule has 0 spiro atoms. The third-order valence-corrected chi connectivity index (χ3v) is 0.992. The Morgan fingerprint density at radius 2 is 1.67 bits per heavy atom. The van der Waals surface area contributed by atoms with Crippen LogP contribution in [0.1, 0.15) is 5.56 Å². The van der Waals surface area contributed by atoms with Crippen LogP contribution in [0.3, 0.4) is 0 Å². The molecular formula is C8H7Rh-. The number of hydrogen-bond donors (Lipinski definition) is 0. The van der Waals surface area contributed by atoms with Crippen LogP contribution in [-0.4, -0.2) is 0 Å². The summed E-state index contributed by atoms with van der Waals surface area (Å²) in [5, 5.41) is 0. The molecule has 1 aromatic rings. The Bertz CT molecular complexity index is 167. The molecular weight excluding hydrogens is 199 g/mol. The van der Waals surface area contributed by atoms with Crippen LogP contribution in [0.4, 0.5) is 0 Å². The van der Waals surface area contributed by atoms with E-state index in [4.69, 9.17) is 6.58 Å². The van der Waals surface area contributed by atoms with E-state index in [1.54, 1.807) is 6.08 Å². The summed E-state index contributed by atoms with van der Waals surface area (Å²) in [4.78, 5) is 0. The minimum Gasteiger partial charge on any atom is -0.292 e. The summed E-state index contributed by atoms with van der Waals surface area (Å²) in [6, 6.07) is 9.80. The Morgan fingerprint density at radius 3 is 2.00 bits per heavy atom. The Labute approximate surface area is 68.4 Å². The first-order valence-electron chi connectivity index (χ1n) is 2.53. The summed E-state index contributed by atoms with van der Waals surface area (Å²) in [6.45, 7) is 5.22. The number of rotatable bonds is 1. The zero-order valence-corrected chi connectivity index (χ0v) is 6.51. The first-order chi connectivity index (χ1) is 3.93. The van der Waals surface area contributed by atoms with Crippen molar-refractivity contribution >= 4 is 6.08 Å². The van der Waals surface area contributed by atoms with E-state index in [1.807, 2.05) is 30.3 Å². The van der Waals surface area contributed by atoms with E-state index in [9.17, 15) is 0 Å². The fourth-order valence-corrected chi connectivity index (χ4v) is 0.564. The molecule has 0 amide bonds. The Kier molecular flexibility index (Phi) is 4.25. The van der Waals surface area contributed by atoms with Crippen LogP contribution >= 0.6 is 0 Å². The molecule has 1 radical (unpaired) electrons. The predicted molar refractivity (Wildman–Crippen MR) is 35.2 cm³/mol. The van der Waals surface area contributed by atoms with E-state index in [-0.39, 0.29) is 19.5 Å². The molecule has 1 heteroatoms. The van der Waals surface area contributed by atoms with Gasteiger partial charge >= 0.3 is 0 Å². The molecule has 0 atom stereocenters. The maximum atomic E-state index is 5.22. The molecule has 0 unspecified atom stereocenters. The molecule has 0 aliphatic heterocycles. The molecule has 0 aliphatic rings. The van der Waals surface area contributed by atoms with Gasteiger partial charge in [0.05, 0.1) is 0 Å². The van der Waals surface area contributed by atoms with Gasteiger partial charge in [0.25, 0.3) is 0 Å². The maximum Gasteiger partial charge on any atom is 0 e. The van der Waals surface area contributed by atoms with Gasteiger partial charge in [-0.15, -0.1) is 12.1 Å². The molecule has 1 rings (SSSR count).